The Morgan fingerprint density at radius 1 is 1.38 bits per heavy atom. The number of aryl methyl sites for hydroxylation is 1. The molecule has 0 saturated carbocycles. The maximum Gasteiger partial charge on any atom is 0.354 e. The van der Waals surface area contributed by atoms with Gasteiger partial charge in [0.1, 0.15) is 5.69 Å². The van der Waals surface area contributed by atoms with Gasteiger partial charge in [-0.05, 0) is 0 Å². The zero-order valence-electron chi connectivity index (χ0n) is 9.85. The van der Waals surface area contributed by atoms with Crippen molar-refractivity contribution in [1.29, 1.82) is 0 Å². The molecule has 0 aliphatic rings. The van der Waals surface area contributed by atoms with E-state index in [1.54, 1.807) is 22.2 Å². The predicted octanol–water partition coefficient (Wildman–Crippen LogP) is 1.67. The van der Waals surface area contributed by atoms with Crippen LogP contribution in [-0.2, 0) is 12.5 Å². The molecule has 0 bridgehead atoms. The van der Waals surface area contributed by atoms with Crippen LogP contribution in [0, 0.1) is 0 Å². The number of aromatic nitrogens is 3. The van der Waals surface area contributed by atoms with Gasteiger partial charge in [0, 0.05) is 24.9 Å². The first-order valence-corrected chi connectivity index (χ1v) is 5.09. The molecule has 0 aliphatic heterocycles. The maximum atomic E-state index is 10.9. The third-order valence-electron chi connectivity index (χ3n) is 2.62. The van der Waals surface area contributed by atoms with Crippen LogP contribution in [0.4, 0.5) is 0 Å². The lowest BCUT2D eigenvalue weighted by Crippen LogP contribution is -2.12. The summed E-state index contributed by atoms with van der Waals surface area (Å²) < 4.78 is 3.33. The number of aromatic carboxylic acids is 1. The molecular weight excluding hydrogens is 206 g/mol. The predicted molar refractivity (Wildman–Crippen MR) is 59.8 cm³/mol. The van der Waals surface area contributed by atoms with E-state index in [2.05, 4.69) is 25.8 Å². The minimum Gasteiger partial charge on any atom is -0.477 e. The van der Waals surface area contributed by atoms with Crippen LogP contribution < -0.4 is 0 Å². The summed E-state index contributed by atoms with van der Waals surface area (Å²) in [4.78, 5) is 15.4. The molecule has 0 atom stereocenters. The van der Waals surface area contributed by atoms with Crippen molar-refractivity contribution in [3.8, 4) is 0 Å². The van der Waals surface area contributed by atoms with E-state index >= 15 is 0 Å². The molecule has 0 radical (unpaired) electrons. The molecular formula is C11H15N3O2. The van der Waals surface area contributed by atoms with Crippen molar-refractivity contribution in [2.24, 2.45) is 7.05 Å². The van der Waals surface area contributed by atoms with Crippen LogP contribution in [0.1, 0.15) is 37.0 Å². The van der Waals surface area contributed by atoms with E-state index in [0.29, 0.717) is 5.78 Å². The van der Waals surface area contributed by atoms with Gasteiger partial charge in [-0.3, -0.25) is 4.40 Å². The van der Waals surface area contributed by atoms with Gasteiger partial charge in [-0.25, -0.2) is 9.78 Å². The number of carboxylic acids is 1. The summed E-state index contributed by atoms with van der Waals surface area (Å²) >= 11 is 0. The molecule has 5 heteroatoms. The second-order valence-electron chi connectivity index (χ2n) is 4.96. The third kappa shape index (κ3) is 1.48. The fourth-order valence-corrected chi connectivity index (χ4v) is 1.61. The number of hydrogen-bond acceptors (Lipinski definition) is 2. The monoisotopic (exact) mass is 221 g/mol. The van der Waals surface area contributed by atoms with Crippen molar-refractivity contribution in [3.05, 3.63) is 23.8 Å². The summed E-state index contributed by atoms with van der Waals surface area (Å²) in [5, 5.41) is 8.95. The lowest BCUT2D eigenvalue weighted by Gasteiger charge is -2.13. The molecule has 0 saturated heterocycles. The Labute approximate surface area is 93.3 Å². The van der Waals surface area contributed by atoms with Gasteiger partial charge in [0.05, 0.1) is 5.69 Å². The summed E-state index contributed by atoms with van der Waals surface area (Å²) in [6.45, 7) is 6.23. The largest absolute Gasteiger partial charge is 0.477 e. The van der Waals surface area contributed by atoms with Gasteiger partial charge in [-0.2, -0.15) is 0 Å². The number of imidazole rings is 2. The lowest BCUT2D eigenvalue weighted by molar-refractivity contribution is 0.0687. The Balaban J connectivity index is 2.63. The Morgan fingerprint density at radius 2 is 2.00 bits per heavy atom. The van der Waals surface area contributed by atoms with E-state index in [4.69, 9.17) is 5.11 Å². The van der Waals surface area contributed by atoms with Gasteiger partial charge >= 0.3 is 5.97 Å². The van der Waals surface area contributed by atoms with E-state index < -0.39 is 5.97 Å². The van der Waals surface area contributed by atoms with E-state index in [-0.39, 0.29) is 11.1 Å². The molecule has 0 unspecified atom stereocenters. The second kappa shape index (κ2) is 3.10. The third-order valence-corrected chi connectivity index (χ3v) is 2.62. The number of rotatable bonds is 1. The summed E-state index contributed by atoms with van der Waals surface area (Å²) in [5.41, 5.74) is 1.16. The minimum absolute atomic E-state index is 0.0323. The van der Waals surface area contributed by atoms with Gasteiger partial charge in [-0.15, -0.1) is 0 Å². The quantitative estimate of drug-likeness (QED) is 0.796. The molecule has 0 aliphatic carbocycles. The number of fused-ring (bicyclic) bond motifs is 1. The van der Waals surface area contributed by atoms with E-state index in [1.807, 2.05) is 6.20 Å². The van der Waals surface area contributed by atoms with Crippen molar-refractivity contribution >= 4 is 11.7 Å². The Bertz CT molecular complexity index is 558. The number of carboxylic acid groups (broad SMARTS) is 1. The van der Waals surface area contributed by atoms with Crippen LogP contribution in [-0.4, -0.2) is 25.0 Å². The Morgan fingerprint density at radius 3 is 2.44 bits per heavy atom. The van der Waals surface area contributed by atoms with Crippen LogP contribution in [0.2, 0.25) is 0 Å². The highest BCUT2D eigenvalue weighted by Gasteiger charge is 2.20. The average Bonchev–Trinajstić information content (AvgIpc) is 2.64. The zero-order valence-corrected chi connectivity index (χ0v) is 9.85. The van der Waals surface area contributed by atoms with Crippen LogP contribution in [0.3, 0.4) is 0 Å². The Hall–Kier alpha value is -1.78. The summed E-state index contributed by atoms with van der Waals surface area (Å²) in [6.07, 6.45) is 3.46. The fraction of sp³-hybridized carbons (Fsp3) is 0.455. The van der Waals surface area contributed by atoms with Gasteiger partial charge < -0.3 is 9.67 Å². The Kier molecular flexibility index (Phi) is 2.08. The summed E-state index contributed by atoms with van der Waals surface area (Å²) in [6, 6.07) is 0. The van der Waals surface area contributed by atoms with E-state index in [1.165, 1.54) is 0 Å². The van der Waals surface area contributed by atoms with E-state index in [9.17, 15) is 4.79 Å². The number of hydrogen-bond donors (Lipinski definition) is 1. The highest BCUT2D eigenvalue weighted by molar-refractivity contribution is 5.86. The molecule has 86 valence electrons. The highest BCUT2D eigenvalue weighted by atomic mass is 16.4. The van der Waals surface area contributed by atoms with Crippen molar-refractivity contribution in [2.75, 3.05) is 0 Å². The molecule has 2 aromatic rings. The van der Waals surface area contributed by atoms with Crippen molar-refractivity contribution in [1.82, 2.24) is 14.0 Å². The molecule has 2 rings (SSSR count). The molecule has 2 heterocycles. The molecule has 1 N–H and O–H groups in total. The SMILES string of the molecule is Cn1c(C(=O)O)cn2cc(C(C)(C)C)nc12. The maximum absolute atomic E-state index is 10.9. The molecule has 16 heavy (non-hydrogen) atoms. The van der Waals surface area contributed by atoms with Gasteiger partial charge in [0.2, 0.25) is 5.78 Å². The van der Waals surface area contributed by atoms with Crippen LogP contribution in [0.25, 0.3) is 5.78 Å². The topological polar surface area (TPSA) is 59.5 Å². The first-order chi connectivity index (χ1) is 7.30. The minimum atomic E-state index is -0.940. The fourth-order valence-electron chi connectivity index (χ4n) is 1.61. The van der Waals surface area contributed by atoms with Gasteiger partial charge in [0.25, 0.3) is 0 Å². The second-order valence-corrected chi connectivity index (χ2v) is 4.96. The molecule has 0 amide bonds. The zero-order chi connectivity index (χ0) is 12.1. The van der Waals surface area contributed by atoms with Gasteiger partial charge in [-0.1, -0.05) is 20.8 Å². The average molecular weight is 221 g/mol. The normalized spacial score (nSPS) is 12.2. The standard InChI is InChI=1S/C11H15N3O2/c1-11(2,3)8-6-14-5-7(9(15)16)13(4)10(14)12-8/h5-6H,1-4H3,(H,15,16). The number of nitrogens with zero attached hydrogens (tertiary/aromatic N) is 3. The first kappa shape index (κ1) is 10.7. The number of carbonyl (C=O) groups is 1. The van der Waals surface area contributed by atoms with E-state index in [0.717, 1.165) is 5.69 Å². The van der Waals surface area contributed by atoms with Crippen LogP contribution >= 0.6 is 0 Å². The van der Waals surface area contributed by atoms with Crippen molar-refractivity contribution in [2.45, 2.75) is 26.2 Å². The van der Waals surface area contributed by atoms with Crippen molar-refractivity contribution < 1.29 is 9.90 Å². The molecule has 0 aromatic carbocycles. The molecule has 0 spiro atoms. The summed E-state index contributed by atoms with van der Waals surface area (Å²) in [7, 11) is 1.71. The van der Waals surface area contributed by atoms with Gasteiger partial charge in [0.15, 0.2) is 0 Å². The van der Waals surface area contributed by atoms with Crippen LogP contribution in [0.15, 0.2) is 12.4 Å². The highest BCUT2D eigenvalue weighted by Crippen LogP contribution is 2.22. The lowest BCUT2D eigenvalue weighted by atomic mass is 9.93. The molecule has 2 aromatic heterocycles. The van der Waals surface area contributed by atoms with Crippen LogP contribution in [0.5, 0.6) is 0 Å². The first-order valence-electron chi connectivity index (χ1n) is 5.09. The smallest absolute Gasteiger partial charge is 0.354 e. The van der Waals surface area contributed by atoms with Crippen molar-refractivity contribution in [3.63, 3.8) is 0 Å². The molecule has 5 nitrogen and oxygen atoms in total. The summed E-state index contributed by atoms with van der Waals surface area (Å²) in [5.74, 6) is -0.285. The molecule has 0 fully saturated rings.